The number of rotatable bonds is 5. The molecule has 0 saturated carbocycles. The highest BCUT2D eigenvalue weighted by Gasteiger charge is 2.25. The van der Waals surface area contributed by atoms with Crippen LogP contribution >= 0.6 is 0 Å². The maximum Gasteiger partial charge on any atom is 0.247 e. The third-order valence-electron chi connectivity index (χ3n) is 4.53. The predicted octanol–water partition coefficient (Wildman–Crippen LogP) is 3.96. The van der Waals surface area contributed by atoms with Gasteiger partial charge in [-0.05, 0) is 94.0 Å². The molecule has 0 saturated heterocycles. The third kappa shape index (κ3) is 4.13. The van der Waals surface area contributed by atoms with Crippen LogP contribution in [-0.4, -0.2) is 23.8 Å². The molecule has 0 aromatic heterocycles. The zero-order valence-electron chi connectivity index (χ0n) is 15.3. The first kappa shape index (κ1) is 19.4. The molecule has 0 radical (unpaired) electrons. The van der Waals surface area contributed by atoms with Crippen LogP contribution in [0, 0.1) is 5.82 Å². The molecular weight excluding hydrogens is 365 g/mol. The second-order valence-corrected chi connectivity index (χ2v) is 7.66. The fourth-order valence-electron chi connectivity index (χ4n) is 3.21. The van der Waals surface area contributed by atoms with Crippen LogP contribution in [0.1, 0.15) is 30.0 Å². The number of hydrogen-bond acceptors (Lipinski definition) is 3. The zero-order chi connectivity index (χ0) is 19.6. The van der Waals surface area contributed by atoms with E-state index in [4.69, 9.17) is 0 Å². The standard InChI is InChI=1S/C21H20FNO3S/c1-13-18(10-14-4-7-16(8-5-14)27(3)25)17-9-6-15(22)11-20(17)19(13)12-21(24)23-26-2/h4-11H,12H2,1-3H3,(H,23,24). The Balaban J connectivity index is 2.04. The Morgan fingerprint density at radius 1 is 1.22 bits per heavy atom. The van der Waals surface area contributed by atoms with Crippen LogP contribution in [0.15, 0.2) is 52.9 Å². The van der Waals surface area contributed by atoms with Gasteiger partial charge in [-0.15, -0.1) is 0 Å². The lowest BCUT2D eigenvalue weighted by molar-refractivity contribution is -0.130. The number of halogens is 1. The van der Waals surface area contributed by atoms with E-state index in [1.165, 1.54) is 19.2 Å². The van der Waals surface area contributed by atoms with E-state index in [9.17, 15) is 13.7 Å². The molecule has 0 bridgehead atoms. The molecule has 1 amide bonds. The lowest BCUT2D eigenvalue weighted by Gasteiger charge is -2.06. The highest BCUT2D eigenvalue weighted by atomic mass is 32.2. The molecule has 0 aliphatic heterocycles. The molecular formula is C21H20FNO3S. The van der Waals surface area contributed by atoms with Crippen molar-refractivity contribution in [3.63, 3.8) is 0 Å². The quantitative estimate of drug-likeness (QED) is 0.626. The van der Waals surface area contributed by atoms with E-state index in [1.54, 1.807) is 12.3 Å². The molecule has 1 N–H and O–H groups in total. The molecule has 6 heteroatoms. The minimum atomic E-state index is -1.03. The van der Waals surface area contributed by atoms with Crippen LogP contribution < -0.4 is 5.48 Å². The number of carbonyl (C=O) groups excluding carboxylic acids is 1. The number of hydroxylamine groups is 1. The SMILES string of the molecule is CONC(=O)CC1=C(C)C(=Cc2ccc([S+](C)[O-])cc2)c2ccc(F)cc21. The third-order valence-corrected chi connectivity index (χ3v) is 5.47. The number of hydrogen-bond donors (Lipinski definition) is 1. The summed E-state index contributed by atoms with van der Waals surface area (Å²) in [4.78, 5) is 17.4. The maximum atomic E-state index is 13.8. The smallest absolute Gasteiger partial charge is 0.247 e. The number of allylic oxidation sites excluding steroid dienone is 2. The van der Waals surface area contributed by atoms with Crippen LogP contribution in [0.5, 0.6) is 0 Å². The Labute approximate surface area is 160 Å². The lowest BCUT2D eigenvalue weighted by Crippen LogP contribution is -2.21. The zero-order valence-corrected chi connectivity index (χ0v) is 16.2. The van der Waals surface area contributed by atoms with Gasteiger partial charge >= 0.3 is 0 Å². The summed E-state index contributed by atoms with van der Waals surface area (Å²) in [7, 11) is 1.37. The van der Waals surface area contributed by atoms with Gasteiger partial charge in [-0.1, -0.05) is 6.07 Å². The average molecular weight is 385 g/mol. The van der Waals surface area contributed by atoms with E-state index in [0.717, 1.165) is 38.3 Å². The molecule has 3 rings (SSSR count). The highest BCUT2D eigenvalue weighted by Crippen LogP contribution is 2.43. The van der Waals surface area contributed by atoms with Crippen LogP contribution in [-0.2, 0) is 20.8 Å². The Hall–Kier alpha value is -2.41. The summed E-state index contributed by atoms with van der Waals surface area (Å²) in [5.74, 6) is -0.639. The second-order valence-electron chi connectivity index (χ2n) is 6.28. The van der Waals surface area contributed by atoms with Gasteiger partial charge in [0.15, 0.2) is 4.90 Å². The number of carbonyl (C=O) groups is 1. The largest absolute Gasteiger partial charge is 0.612 e. The van der Waals surface area contributed by atoms with Gasteiger partial charge in [0.2, 0.25) is 5.91 Å². The van der Waals surface area contributed by atoms with E-state index in [2.05, 4.69) is 10.3 Å². The topological polar surface area (TPSA) is 61.4 Å². The van der Waals surface area contributed by atoms with Gasteiger partial charge < -0.3 is 4.55 Å². The summed E-state index contributed by atoms with van der Waals surface area (Å²) in [5, 5.41) is 0. The summed E-state index contributed by atoms with van der Waals surface area (Å²) in [6, 6.07) is 12.1. The van der Waals surface area contributed by atoms with Gasteiger partial charge in [0.25, 0.3) is 0 Å². The highest BCUT2D eigenvalue weighted by molar-refractivity contribution is 7.90. The van der Waals surface area contributed by atoms with Crippen molar-refractivity contribution in [1.82, 2.24) is 5.48 Å². The van der Waals surface area contributed by atoms with Gasteiger partial charge in [0.05, 0.1) is 13.5 Å². The minimum absolute atomic E-state index is 0.0984. The first-order valence-corrected chi connectivity index (χ1v) is 9.94. The Morgan fingerprint density at radius 3 is 2.56 bits per heavy atom. The van der Waals surface area contributed by atoms with E-state index in [0.29, 0.717) is 0 Å². The minimum Gasteiger partial charge on any atom is -0.612 e. The number of fused-ring (bicyclic) bond motifs is 1. The fourth-order valence-corrected chi connectivity index (χ4v) is 3.73. The van der Waals surface area contributed by atoms with E-state index in [1.807, 2.05) is 37.3 Å². The molecule has 1 atom stereocenters. The maximum absolute atomic E-state index is 13.8. The molecule has 4 nitrogen and oxygen atoms in total. The van der Waals surface area contributed by atoms with Crippen LogP contribution in [0.4, 0.5) is 4.39 Å². The predicted molar refractivity (Wildman–Crippen MR) is 105 cm³/mol. The van der Waals surface area contributed by atoms with Crippen LogP contribution in [0.25, 0.3) is 17.2 Å². The van der Waals surface area contributed by atoms with Crippen molar-refractivity contribution in [2.45, 2.75) is 18.2 Å². The Kier molecular flexibility index (Phi) is 5.79. The summed E-state index contributed by atoms with van der Waals surface area (Å²) in [6.45, 7) is 1.93. The molecule has 0 spiro atoms. The van der Waals surface area contributed by atoms with E-state index in [-0.39, 0.29) is 18.1 Å². The monoisotopic (exact) mass is 385 g/mol. The first-order chi connectivity index (χ1) is 12.9. The molecule has 1 aliphatic carbocycles. The van der Waals surface area contributed by atoms with Gasteiger partial charge in [-0.25, -0.2) is 9.87 Å². The molecule has 27 heavy (non-hydrogen) atoms. The molecule has 0 heterocycles. The van der Waals surface area contributed by atoms with Crippen molar-refractivity contribution in [2.75, 3.05) is 13.4 Å². The number of benzene rings is 2. The molecule has 0 fully saturated rings. The van der Waals surface area contributed by atoms with Gasteiger partial charge in [-0.3, -0.25) is 9.63 Å². The second kappa shape index (κ2) is 8.08. The average Bonchev–Trinajstić information content (AvgIpc) is 2.87. The van der Waals surface area contributed by atoms with Crippen molar-refractivity contribution in [3.8, 4) is 0 Å². The van der Waals surface area contributed by atoms with Crippen molar-refractivity contribution < 1.29 is 18.6 Å². The summed E-state index contributed by atoms with van der Waals surface area (Å²) in [6.07, 6.45) is 3.73. The number of nitrogens with one attached hydrogen (secondary N) is 1. The van der Waals surface area contributed by atoms with Crippen molar-refractivity contribution in [3.05, 3.63) is 70.5 Å². The molecule has 140 valence electrons. The van der Waals surface area contributed by atoms with Crippen molar-refractivity contribution in [1.29, 1.82) is 0 Å². The van der Waals surface area contributed by atoms with Crippen molar-refractivity contribution >= 4 is 34.3 Å². The van der Waals surface area contributed by atoms with Gasteiger partial charge in [0, 0.05) is 0 Å². The van der Waals surface area contributed by atoms with Crippen molar-refractivity contribution in [2.24, 2.45) is 0 Å². The van der Waals surface area contributed by atoms with E-state index >= 15 is 0 Å². The molecule has 2 aromatic carbocycles. The molecule has 1 aliphatic rings. The van der Waals surface area contributed by atoms with Gasteiger partial charge in [-0.2, -0.15) is 0 Å². The lowest BCUT2D eigenvalue weighted by atomic mass is 10.0. The summed E-state index contributed by atoms with van der Waals surface area (Å²) < 4.78 is 25.4. The van der Waals surface area contributed by atoms with Gasteiger partial charge in [0.1, 0.15) is 12.1 Å². The summed E-state index contributed by atoms with van der Waals surface area (Å²) in [5.41, 5.74) is 7.49. The fraction of sp³-hybridized carbons (Fsp3) is 0.190. The van der Waals surface area contributed by atoms with Crippen LogP contribution in [0.3, 0.4) is 0 Å². The normalized spacial score (nSPS) is 15.8. The first-order valence-electron chi connectivity index (χ1n) is 8.38. The Morgan fingerprint density at radius 2 is 1.93 bits per heavy atom. The molecule has 1 unspecified atom stereocenters. The van der Waals surface area contributed by atoms with E-state index < -0.39 is 11.2 Å². The van der Waals surface area contributed by atoms with Crippen LogP contribution in [0.2, 0.25) is 0 Å². The summed E-state index contributed by atoms with van der Waals surface area (Å²) >= 11 is -1.03. The number of amides is 1. The molecule has 2 aromatic rings. The Bertz CT molecular complexity index is 933.